The van der Waals surface area contributed by atoms with Gasteiger partial charge in [-0.3, -0.25) is 0 Å². The second kappa shape index (κ2) is 9.05. The monoisotopic (exact) mass is 320 g/mol. The standard InChI is InChI=1S/C14H32N4O2S/c1-5-9-15-13-14-8-6-7-10-18(14)21(19,20)17(4)12-11-16(2)3/h14-15H,5-13H2,1-4H3. The number of likely N-dealkylation sites (N-methyl/N-ethyl adjacent to an activating group) is 2. The smallest absolute Gasteiger partial charge is 0.282 e. The molecule has 1 saturated heterocycles. The highest BCUT2D eigenvalue weighted by Gasteiger charge is 2.34. The molecule has 0 aromatic carbocycles. The Kier molecular flexibility index (Phi) is 8.12. The highest BCUT2D eigenvalue weighted by molar-refractivity contribution is 7.86. The molecule has 126 valence electrons. The van der Waals surface area contributed by atoms with Crippen LogP contribution in [0.15, 0.2) is 0 Å². The lowest BCUT2D eigenvalue weighted by Crippen LogP contribution is -2.53. The van der Waals surface area contributed by atoms with Gasteiger partial charge in [-0.15, -0.1) is 0 Å². The van der Waals surface area contributed by atoms with Gasteiger partial charge in [0.2, 0.25) is 0 Å². The highest BCUT2D eigenvalue weighted by Crippen LogP contribution is 2.21. The van der Waals surface area contributed by atoms with E-state index in [1.165, 1.54) is 4.31 Å². The number of hydrogen-bond donors (Lipinski definition) is 1. The van der Waals surface area contributed by atoms with E-state index in [2.05, 4.69) is 12.2 Å². The van der Waals surface area contributed by atoms with Crippen LogP contribution in [0.3, 0.4) is 0 Å². The Bertz CT molecular complexity index is 386. The Balaban J connectivity index is 2.67. The molecular formula is C14H32N4O2S. The van der Waals surface area contributed by atoms with E-state index in [0.29, 0.717) is 13.1 Å². The third-order valence-corrected chi connectivity index (χ3v) is 5.98. The quantitative estimate of drug-likeness (QED) is 0.632. The van der Waals surface area contributed by atoms with Crippen molar-refractivity contribution in [2.24, 2.45) is 0 Å². The van der Waals surface area contributed by atoms with Gasteiger partial charge in [-0.25, -0.2) is 0 Å². The fraction of sp³-hybridized carbons (Fsp3) is 1.00. The summed E-state index contributed by atoms with van der Waals surface area (Å²) in [7, 11) is 2.25. The zero-order valence-corrected chi connectivity index (χ0v) is 14.8. The summed E-state index contributed by atoms with van der Waals surface area (Å²) in [5.41, 5.74) is 0. The molecule has 0 aromatic rings. The average molecular weight is 321 g/mol. The van der Waals surface area contributed by atoms with Crippen LogP contribution in [0.1, 0.15) is 32.6 Å². The molecule has 0 aromatic heterocycles. The van der Waals surface area contributed by atoms with Crippen LogP contribution in [0, 0.1) is 0 Å². The molecule has 1 unspecified atom stereocenters. The molecule has 6 nitrogen and oxygen atoms in total. The number of hydrogen-bond acceptors (Lipinski definition) is 4. The molecule has 0 aliphatic carbocycles. The summed E-state index contributed by atoms with van der Waals surface area (Å²) in [6.07, 6.45) is 4.11. The normalized spacial score (nSPS) is 21.3. The first kappa shape index (κ1) is 18.8. The van der Waals surface area contributed by atoms with Gasteiger partial charge >= 0.3 is 0 Å². The number of piperidine rings is 1. The lowest BCUT2D eigenvalue weighted by molar-refractivity contribution is 0.228. The zero-order valence-electron chi connectivity index (χ0n) is 14.0. The molecule has 0 amide bonds. The van der Waals surface area contributed by atoms with Crippen molar-refractivity contribution in [3.63, 3.8) is 0 Å². The Morgan fingerprint density at radius 2 is 1.90 bits per heavy atom. The van der Waals surface area contributed by atoms with Gasteiger partial charge in [-0.1, -0.05) is 13.3 Å². The minimum atomic E-state index is -3.34. The number of rotatable bonds is 9. The van der Waals surface area contributed by atoms with Crippen molar-refractivity contribution in [2.75, 3.05) is 53.9 Å². The molecule has 0 saturated carbocycles. The minimum Gasteiger partial charge on any atom is -0.315 e. The molecule has 1 rings (SSSR count). The molecule has 0 bridgehead atoms. The Labute approximate surface area is 130 Å². The van der Waals surface area contributed by atoms with Crippen molar-refractivity contribution >= 4 is 10.2 Å². The second-order valence-corrected chi connectivity index (χ2v) is 8.09. The van der Waals surface area contributed by atoms with E-state index >= 15 is 0 Å². The van der Waals surface area contributed by atoms with Gasteiger partial charge < -0.3 is 10.2 Å². The molecule has 1 atom stereocenters. The van der Waals surface area contributed by atoms with E-state index in [0.717, 1.165) is 45.3 Å². The van der Waals surface area contributed by atoms with E-state index in [-0.39, 0.29) is 6.04 Å². The van der Waals surface area contributed by atoms with Crippen molar-refractivity contribution in [3.05, 3.63) is 0 Å². The van der Waals surface area contributed by atoms with Crippen LogP contribution < -0.4 is 5.32 Å². The summed E-state index contributed by atoms with van der Waals surface area (Å²) >= 11 is 0. The molecule has 7 heteroatoms. The lowest BCUT2D eigenvalue weighted by Gasteiger charge is -2.37. The maximum Gasteiger partial charge on any atom is 0.282 e. The SMILES string of the molecule is CCCNCC1CCCCN1S(=O)(=O)N(C)CCN(C)C. The Morgan fingerprint density at radius 1 is 1.19 bits per heavy atom. The van der Waals surface area contributed by atoms with E-state index in [1.807, 2.05) is 19.0 Å². The van der Waals surface area contributed by atoms with E-state index in [4.69, 9.17) is 0 Å². The Morgan fingerprint density at radius 3 is 2.52 bits per heavy atom. The van der Waals surface area contributed by atoms with Crippen LogP contribution >= 0.6 is 0 Å². The van der Waals surface area contributed by atoms with E-state index in [1.54, 1.807) is 11.4 Å². The van der Waals surface area contributed by atoms with Crippen LogP contribution in [0.4, 0.5) is 0 Å². The third kappa shape index (κ3) is 5.83. The molecular weight excluding hydrogens is 288 g/mol. The molecule has 1 aliphatic rings. The zero-order chi connectivity index (χ0) is 15.9. The van der Waals surface area contributed by atoms with Crippen LogP contribution in [0.2, 0.25) is 0 Å². The fourth-order valence-corrected chi connectivity index (χ4v) is 4.15. The molecule has 1 heterocycles. The number of nitrogens with one attached hydrogen (secondary N) is 1. The van der Waals surface area contributed by atoms with Crippen molar-refractivity contribution in [3.8, 4) is 0 Å². The molecule has 0 spiro atoms. The van der Waals surface area contributed by atoms with Crippen molar-refractivity contribution < 1.29 is 8.42 Å². The second-order valence-electron chi connectivity index (χ2n) is 6.10. The van der Waals surface area contributed by atoms with Gasteiger partial charge in [-0.05, 0) is 39.9 Å². The summed E-state index contributed by atoms with van der Waals surface area (Å²) in [6.45, 7) is 5.74. The predicted octanol–water partition coefficient (Wildman–Crippen LogP) is 0.579. The summed E-state index contributed by atoms with van der Waals surface area (Å²) in [5.74, 6) is 0. The predicted molar refractivity (Wildman–Crippen MR) is 87.6 cm³/mol. The van der Waals surface area contributed by atoms with Gasteiger partial charge in [0.1, 0.15) is 0 Å². The van der Waals surface area contributed by atoms with Gasteiger partial charge in [0.25, 0.3) is 10.2 Å². The van der Waals surface area contributed by atoms with Gasteiger partial charge in [0.05, 0.1) is 0 Å². The maximum atomic E-state index is 12.7. The largest absolute Gasteiger partial charge is 0.315 e. The molecule has 1 fully saturated rings. The van der Waals surface area contributed by atoms with Crippen LogP contribution in [0.5, 0.6) is 0 Å². The van der Waals surface area contributed by atoms with Crippen molar-refractivity contribution in [1.29, 1.82) is 0 Å². The van der Waals surface area contributed by atoms with Gasteiger partial charge in [0.15, 0.2) is 0 Å². The first-order valence-electron chi connectivity index (χ1n) is 7.98. The molecule has 1 aliphatic heterocycles. The first-order valence-corrected chi connectivity index (χ1v) is 9.37. The van der Waals surface area contributed by atoms with Crippen LogP contribution in [-0.4, -0.2) is 81.8 Å². The molecule has 1 N–H and O–H groups in total. The first-order chi connectivity index (χ1) is 9.89. The van der Waals surface area contributed by atoms with E-state index < -0.39 is 10.2 Å². The van der Waals surface area contributed by atoms with Crippen molar-refractivity contribution in [2.45, 2.75) is 38.6 Å². The third-order valence-electron chi connectivity index (χ3n) is 3.93. The highest BCUT2D eigenvalue weighted by atomic mass is 32.2. The Hall–Kier alpha value is -0.210. The van der Waals surface area contributed by atoms with Gasteiger partial charge in [-0.2, -0.15) is 17.0 Å². The maximum absolute atomic E-state index is 12.7. The molecule has 21 heavy (non-hydrogen) atoms. The topological polar surface area (TPSA) is 55.9 Å². The lowest BCUT2D eigenvalue weighted by atomic mass is 10.1. The van der Waals surface area contributed by atoms with Crippen molar-refractivity contribution in [1.82, 2.24) is 18.8 Å². The summed E-state index contributed by atoms with van der Waals surface area (Å²) in [6, 6.07) is 0.0945. The summed E-state index contributed by atoms with van der Waals surface area (Å²) < 4.78 is 28.7. The fourth-order valence-electron chi connectivity index (χ4n) is 2.56. The summed E-state index contributed by atoms with van der Waals surface area (Å²) in [4.78, 5) is 2.00. The van der Waals surface area contributed by atoms with E-state index in [9.17, 15) is 8.42 Å². The van der Waals surface area contributed by atoms with Gasteiger partial charge in [0, 0.05) is 39.3 Å². The molecule has 0 radical (unpaired) electrons. The summed E-state index contributed by atoms with van der Waals surface area (Å²) in [5, 5.41) is 3.36. The van der Waals surface area contributed by atoms with Crippen LogP contribution in [0.25, 0.3) is 0 Å². The number of nitrogens with zero attached hydrogens (tertiary/aromatic N) is 3. The average Bonchev–Trinajstić information content (AvgIpc) is 2.45. The van der Waals surface area contributed by atoms with Crippen LogP contribution in [-0.2, 0) is 10.2 Å². The minimum absolute atomic E-state index is 0.0945.